The Morgan fingerprint density at radius 3 is 2.26 bits per heavy atom. The van der Waals surface area contributed by atoms with E-state index in [0.717, 1.165) is 13.0 Å². The van der Waals surface area contributed by atoms with Gasteiger partial charge in [0.25, 0.3) is 0 Å². The van der Waals surface area contributed by atoms with Gasteiger partial charge in [-0.15, -0.1) is 0 Å². The molecule has 0 amide bonds. The molecule has 0 aliphatic rings. The van der Waals surface area contributed by atoms with E-state index in [0.29, 0.717) is 18.9 Å². The first-order valence-electron chi connectivity index (χ1n) is 6.66. The van der Waals surface area contributed by atoms with Gasteiger partial charge in [-0.1, -0.05) is 38.1 Å². The lowest BCUT2D eigenvalue weighted by Gasteiger charge is -2.07. The lowest BCUT2D eigenvalue weighted by atomic mass is 10.0. The highest BCUT2D eigenvalue weighted by Crippen LogP contribution is 2.09. The predicted octanol–water partition coefficient (Wildman–Crippen LogP) is 1.65. The van der Waals surface area contributed by atoms with Crippen LogP contribution in [0.4, 0.5) is 0 Å². The molecule has 0 heterocycles. The van der Waals surface area contributed by atoms with Gasteiger partial charge in [-0.05, 0) is 36.4 Å². The van der Waals surface area contributed by atoms with Crippen molar-refractivity contribution in [2.45, 2.75) is 33.2 Å². The quantitative estimate of drug-likeness (QED) is 0.713. The fourth-order valence-corrected chi connectivity index (χ4v) is 2.44. The van der Waals surface area contributed by atoms with Crippen LogP contribution in [0.15, 0.2) is 24.3 Å². The molecule has 0 aliphatic carbocycles. The zero-order valence-corrected chi connectivity index (χ0v) is 12.5. The van der Waals surface area contributed by atoms with Gasteiger partial charge in [-0.25, -0.2) is 13.6 Å². The Bertz CT molecular complexity index is 467. The van der Waals surface area contributed by atoms with Crippen molar-refractivity contribution >= 4 is 10.0 Å². The topological polar surface area (TPSA) is 72.2 Å². The minimum atomic E-state index is -3.33. The highest BCUT2D eigenvalue weighted by atomic mass is 32.2. The summed E-state index contributed by atoms with van der Waals surface area (Å²) in [6, 6.07) is 8.54. The molecule has 1 aromatic rings. The first kappa shape index (κ1) is 16.1. The van der Waals surface area contributed by atoms with Crippen molar-refractivity contribution in [3.63, 3.8) is 0 Å². The Hall–Kier alpha value is -0.910. The van der Waals surface area contributed by atoms with Crippen molar-refractivity contribution in [1.29, 1.82) is 0 Å². The summed E-state index contributed by atoms with van der Waals surface area (Å²) in [7, 11) is -3.33. The second kappa shape index (κ2) is 7.62. The molecule has 0 unspecified atom stereocenters. The van der Waals surface area contributed by atoms with E-state index in [1.807, 2.05) is 0 Å². The molecule has 1 aromatic carbocycles. The van der Waals surface area contributed by atoms with Gasteiger partial charge >= 0.3 is 0 Å². The molecule has 0 saturated carbocycles. The minimum absolute atomic E-state index is 0.0350. The monoisotopic (exact) mass is 284 g/mol. The van der Waals surface area contributed by atoms with Crippen molar-refractivity contribution in [2.24, 2.45) is 11.1 Å². The van der Waals surface area contributed by atoms with E-state index in [2.05, 4.69) is 43.4 Å². The van der Waals surface area contributed by atoms with Crippen molar-refractivity contribution in [3.8, 4) is 0 Å². The first-order valence-corrected chi connectivity index (χ1v) is 8.37. The van der Waals surface area contributed by atoms with Gasteiger partial charge in [0.1, 0.15) is 0 Å². The normalized spacial score (nSPS) is 12.0. The third-order valence-electron chi connectivity index (χ3n) is 2.78. The predicted molar refractivity (Wildman–Crippen MR) is 79.3 cm³/mol. The molecule has 0 atom stereocenters. The largest absolute Gasteiger partial charge is 0.313 e. The van der Waals surface area contributed by atoms with E-state index in [1.54, 1.807) is 0 Å². The highest BCUT2D eigenvalue weighted by molar-refractivity contribution is 7.89. The lowest BCUT2D eigenvalue weighted by Crippen LogP contribution is -2.22. The molecular weight excluding hydrogens is 260 g/mol. The minimum Gasteiger partial charge on any atom is -0.313 e. The number of benzene rings is 1. The zero-order valence-electron chi connectivity index (χ0n) is 11.7. The van der Waals surface area contributed by atoms with E-state index >= 15 is 0 Å². The SMILES string of the molecule is CC(C)Cc1ccc(CNCCCS(N)(=O)=O)cc1. The van der Waals surface area contributed by atoms with Crippen LogP contribution in [0.25, 0.3) is 0 Å². The van der Waals surface area contributed by atoms with E-state index in [-0.39, 0.29) is 5.75 Å². The Labute approximate surface area is 116 Å². The number of nitrogens with one attached hydrogen (secondary N) is 1. The van der Waals surface area contributed by atoms with E-state index in [4.69, 9.17) is 5.14 Å². The number of hydrogen-bond acceptors (Lipinski definition) is 3. The molecule has 4 nitrogen and oxygen atoms in total. The maximum atomic E-state index is 10.7. The molecule has 0 radical (unpaired) electrons. The molecule has 0 saturated heterocycles. The van der Waals surface area contributed by atoms with Crippen molar-refractivity contribution in [3.05, 3.63) is 35.4 Å². The molecule has 5 heteroatoms. The van der Waals surface area contributed by atoms with Crippen LogP contribution in [0.2, 0.25) is 0 Å². The fourth-order valence-electron chi connectivity index (χ4n) is 1.90. The lowest BCUT2D eigenvalue weighted by molar-refractivity contribution is 0.590. The van der Waals surface area contributed by atoms with Gasteiger partial charge in [0.05, 0.1) is 5.75 Å². The molecule has 1 rings (SSSR count). The van der Waals surface area contributed by atoms with Crippen LogP contribution in [-0.2, 0) is 23.0 Å². The molecule has 0 aliphatic heterocycles. The average Bonchev–Trinajstić information content (AvgIpc) is 2.28. The Morgan fingerprint density at radius 2 is 1.74 bits per heavy atom. The summed E-state index contributed by atoms with van der Waals surface area (Å²) in [6.45, 7) is 5.83. The molecule has 0 bridgehead atoms. The van der Waals surface area contributed by atoms with Crippen LogP contribution < -0.4 is 10.5 Å². The summed E-state index contributed by atoms with van der Waals surface area (Å²) in [5.41, 5.74) is 2.57. The summed E-state index contributed by atoms with van der Waals surface area (Å²) in [6.07, 6.45) is 1.65. The molecule has 0 aromatic heterocycles. The van der Waals surface area contributed by atoms with E-state index < -0.39 is 10.0 Å². The van der Waals surface area contributed by atoms with Crippen LogP contribution in [0.1, 0.15) is 31.4 Å². The number of primary sulfonamides is 1. The number of hydrogen-bond donors (Lipinski definition) is 2. The van der Waals surface area contributed by atoms with Gasteiger partial charge < -0.3 is 5.32 Å². The second-order valence-corrected chi connectivity index (χ2v) is 7.05. The van der Waals surface area contributed by atoms with E-state index in [9.17, 15) is 8.42 Å². The summed E-state index contributed by atoms with van der Waals surface area (Å²) >= 11 is 0. The zero-order chi connectivity index (χ0) is 14.3. The van der Waals surface area contributed by atoms with Crippen LogP contribution >= 0.6 is 0 Å². The van der Waals surface area contributed by atoms with Gasteiger partial charge in [0.2, 0.25) is 10.0 Å². The summed E-state index contributed by atoms with van der Waals surface area (Å²) < 4.78 is 21.5. The second-order valence-electron chi connectivity index (χ2n) is 5.31. The number of sulfonamides is 1. The Kier molecular flexibility index (Phi) is 6.48. The maximum Gasteiger partial charge on any atom is 0.209 e. The smallest absolute Gasteiger partial charge is 0.209 e. The Balaban J connectivity index is 2.26. The summed E-state index contributed by atoms with van der Waals surface area (Å²) in [5.74, 6) is 0.704. The van der Waals surface area contributed by atoms with Gasteiger partial charge in [0.15, 0.2) is 0 Å². The van der Waals surface area contributed by atoms with Crippen LogP contribution in [-0.4, -0.2) is 20.7 Å². The fraction of sp³-hybridized carbons (Fsp3) is 0.571. The average molecular weight is 284 g/mol. The van der Waals surface area contributed by atoms with Gasteiger partial charge in [-0.2, -0.15) is 0 Å². The van der Waals surface area contributed by atoms with E-state index in [1.165, 1.54) is 11.1 Å². The van der Waals surface area contributed by atoms with Crippen LogP contribution in [0.3, 0.4) is 0 Å². The molecule has 0 fully saturated rings. The molecular formula is C14H24N2O2S. The molecule has 19 heavy (non-hydrogen) atoms. The molecule has 3 N–H and O–H groups in total. The maximum absolute atomic E-state index is 10.7. The molecule has 108 valence electrons. The summed E-state index contributed by atoms with van der Waals surface area (Å²) in [5, 5.41) is 8.14. The van der Waals surface area contributed by atoms with Crippen LogP contribution in [0, 0.1) is 5.92 Å². The van der Waals surface area contributed by atoms with Crippen molar-refractivity contribution < 1.29 is 8.42 Å². The van der Waals surface area contributed by atoms with Crippen molar-refractivity contribution in [2.75, 3.05) is 12.3 Å². The third kappa shape index (κ3) is 7.97. The van der Waals surface area contributed by atoms with Crippen LogP contribution in [0.5, 0.6) is 0 Å². The number of nitrogens with two attached hydrogens (primary N) is 1. The van der Waals surface area contributed by atoms with Gasteiger partial charge in [0, 0.05) is 6.54 Å². The molecule has 0 spiro atoms. The summed E-state index contributed by atoms with van der Waals surface area (Å²) in [4.78, 5) is 0. The third-order valence-corrected chi connectivity index (χ3v) is 3.64. The highest BCUT2D eigenvalue weighted by Gasteiger charge is 2.01. The first-order chi connectivity index (χ1) is 8.87. The van der Waals surface area contributed by atoms with Gasteiger partial charge in [-0.3, -0.25) is 0 Å². The van der Waals surface area contributed by atoms with Crippen molar-refractivity contribution in [1.82, 2.24) is 5.32 Å². The Morgan fingerprint density at radius 1 is 1.16 bits per heavy atom. The standard InChI is InChI=1S/C14H24N2O2S/c1-12(2)10-13-4-6-14(7-5-13)11-16-8-3-9-19(15,17)18/h4-7,12,16H,3,8-11H2,1-2H3,(H2,15,17,18). The number of rotatable bonds is 8.